The minimum Gasteiger partial charge on any atom is -0.497 e. The molecule has 0 aliphatic rings. The number of benzene rings is 2. The lowest BCUT2D eigenvalue weighted by atomic mass is 10.1. The molecule has 0 bridgehead atoms. The normalized spacial score (nSPS) is 11.9. The average molecular weight is 460 g/mol. The standard InChI is InChI=1S/C22H25N3O4S2/c1-22(2,31(24,27)28)13-17-9-11-20(30-17)15-6-10-18(23)19(12-15)25-21(26)14-4-7-16(29-3)8-5-14/h4-12H,13,23H2,1-3H3,(H,25,26)(H2,24,27,28). The van der Waals surface area contributed by atoms with Crippen LogP contribution in [0.4, 0.5) is 11.4 Å². The zero-order valence-corrected chi connectivity index (χ0v) is 19.1. The number of ether oxygens (including phenoxy) is 1. The van der Waals surface area contributed by atoms with Gasteiger partial charge in [0.2, 0.25) is 10.0 Å². The minimum atomic E-state index is -3.68. The van der Waals surface area contributed by atoms with Crippen molar-refractivity contribution in [2.45, 2.75) is 25.0 Å². The molecule has 3 aromatic rings. The van der Waals surface area contributed by atoms with Crippen LogP contribution in [0.2, 0.25) is 0 Å². The molecular weight excluding hydrogens is 434 g/mol. The van der Waals surface area contributed by atoms with Gasteiger partial charge in [-0.2, -0.15) is 0 Å². The molecule has 3 rings (SSSR count). The second kappa shape index (κ2) is 8.70. The number of hydrogen-bond donors (Lipinski definition) is 3. The van der Waals surface area contributed by atoms with E-state index >= 15 is 0 Å². The van der Waals surface area contributed by atoms with Gasteiger partial charge in [0.05, 0.1) is 23.2 Å². The molecule has 1 heterocycles. The van der Waals surface area contributed by atoms with E-state index in [0.717, 1.165) is 15.3 Å². The largest absolute Gasteiger partial charge is 0.497 e. The van der Waals surface area contributed by atoms with E-state index < -0.39 is 14.8 Å². The third-order valence-electron chi connectivity index (χ3n) is 4.97. The number of nitrogen functional groups attached to an aromatic ring is 1. The van der Waals surface area contributed by atoms with Crippen LogP contribution in [0, 0.1) is 0 Å². The van der Waals surface area contributed by atoms with Gasteiger partial charge in [-0.3, -0.25) is 4.79 Å². The summed E-state index contributed by atoms with van der Waals surface area (Å²) in [4.78, 5) is 14.4. The van der Waals surface area contributed by atoms with Crippen LogP contribution >= 0.6 is 11.3 Å². The zero-order chi connectivity index (χ0) is 22.8. The van der Waals surface area contributed by atoms with Crippen LogP contribution in [0.25, 0.3) is 10.4 Å². The van der Waals surface area contributed by atoms with Crippen LogP contribution in [0.1, 0.15) is 29.1 Å². The first-order valence-electron chi connectivity index (χ1n) is 9.46. The highest BCUT2D eigenvalue weighted by Crippen LogP contribution is 2.34. The van der Waals surface area contributed by atoms with Crippen LogP contribution in [-0.4, -0.2) is 26.2 Å². The Morgan fingerprint density at radius 1 is 1.10 bits per heavy atom. The fourth-order valence-electron chi connectivity index (χ4n) is 2.90. The van der Waals surface area contributed by atoms with Crippen molar-refractivity contribution in [3.8, 4) is 16.2 Å². The first kappa shape index (κ1) is 22.8. The van der Waals surface area contributed by atoms with Crippen LogP contribution in [0.3, 0.4) is 0 Å². The topological polar surface area (TPSA) is 125 Å². The molecule has 7 nitrogen and oxygen atoms in total. The average Bonchev–Trinajstić information content (AvgIpc) is 3.16. The van der Waals surface area contributed by atoms with Gasteiger partial charge in [-0.1, -0.05) is 6.07 Å². The van der Waals surface area contributed by atoms with Crippen LogP contribution in [0.5, 0.6) is 5.75 Å². The Balaban J connectivity index is 1.81. The van der Waals surface area contributed by atoms with Gasteiger partial charge in [-0.05, 0) is 67.9 Å². The third kappa shape index (κ3) is 5.25. The lowest BCUT2D eigenvalue weighted by Gasteiger charge is -2.20. The summed E-state index contributed by atoms with van der Waals surface area (Å²) in [5, 5.41) is 8.18. The van der Waals surface area contributed by atoms with E-state index in [9.17, 15) is 13.2 Å². The van der Waals surface area contributed by atoms with Crippen molar-refractivity contribution in [1.82, 2.24) is 0 Å². The number of thiophene rings is 1. The summed E-state index contributed by atoms with van der Waals surface area (Å²) in [7, 11) is -2.12. The Kier molecular flexibility index (Phi) is 6.40. The quantitative estimate of drug-likeness (QED) is 0.463. The number of amides is 1. The van der Waals surface area contributed by atoms with E-state index in [2.05, 4.69) is 5.32 Å². The molecule has 0 atom stereocenters. The van der Waals surface area contributed by atoms with E-state index in [0.29, 0.717) is 29.1 Å². The summed E-state index contributed by atoms with van der Waals surface area (Å²) in [6, 6.07) is 16.0. The molecule has 0 fully saturated rings. The number of carbonyl (C=O) groups excluding carboxylic acids is 1. The Labute approximate surface area is 186 Å². The Bertz CT molecular complexity index is 1200. The number of nitrogens with two attached hydrogens (primary N) is 2. The maximum atomic E-state index is 12.6. The van der Waals surface area contributed by atoms with Crippen molar-refractivity contribution in [3.05, 3.63) is 65.0 Å². The van der Waals surface area contributed by atoms with Gasteiger partial charge in [-0.15, -0.1) is 11.3 Å². The number of nitrogens with one attached hydrogen (secondary N) is 1. The number of sulfonamides is 1. The first-order chi connectivity index (χ1) is 14.5. The van der Waals surface area contributed by atoms with Crippen molar-refractivity contribution < 1.29 is 17.9 Å². The summed E-state index contributed by atoms with van der Waals surface area (Å²) < 4.78 is 27.6. The highest BCUT2D eigenvalue weighted by atomic mass is 32.2. The van der Waals surface area contributed by atoms with E-state index in [4.69, 9.17) is 15.6 Å². The number of rotatable bonds is 7. The molecule has 0 aliphatic carbocycles. The van der Waals surface area contributed by atoms with Crippen molar-refractivity contribution in [2.75, 3.05) is 18.2 Å². The second-order valence-corrected chi connectivity index (χ2v) is 11.1. The Morgan fingerprint density at radius 2 is 1.77 bits per heavy atom. The van der Waals surface area contributed by atoms with Gasteiger partial charge >= 0.3 is 0 Å². The summed E-state index contributed by atoms with van der Waals surface area (Å²) in [6.07, 6.45) is 0.312. The molecule has 0 saturated carbocycles. The lowest BCUT2D eigenvalue weighted by molar-refractivity contribution is 0.102. The fourth-order valence-corrected chi connectivity index (χ4v) is 4.58. The number of hydrogen-bond acceptors (Lipinski definition) is 6. The van der Waals surface area contributed by atoms with Crippen molar-refractivity contribution in [3.63, 3.8) is 0 Å². The van der Waals surface area contributed by atoms with Gasteiger partial charge in [0.15, 0.2) is 0 Å². The van der Waals surface area contributed by atoms with E-state index in [1.807, 2.05) is 18.2 Å². The van der Waals surface area contributed by atoms with Crippen LogP contribution in [-0.2, 0) is 16.4 Å². The Hall–Kier alpha value is -2.88. The number of methoxy groups -OCH3 is 1. The lowest BCUT2D eigenvalue weighted by Crippen LogP contribution is -2.39. The number of carbonyl (C=O) groups is 1. The summed E-state index contributed by atoms with van der Waals surface area (Å²) in [6.45, 7) is 3.22. The molecule has 31 heavy (non-hydrogen) atoms. The van der Waals surface area contributed by atoms with Crippen LogP contribution < -0.4 is 20.9 Å². The summed E-state index contributed by atoms with van der Waals surface area (Å²) in [5.41, 5.74) is 8.35. The summed E-state index contributed by atoms with van der Waals surface area (Å²) >= 11 is 1.48. The zero-order valence-electron chi connectivity index (χ0n) is 17.5. The van der Waals surface area contributed by atoms with Crippen molar-refractivity contribution >= 4 is 38.6 Å². The molecule has 164 valence electrons. The predicted octanol–water partition coefficient (Wildman–Crippen LogP) is 3.87. The molecular formula is C22H25N3O4S2. The molecule has 0 unspecified atom stereocenters. The monoisotopic (exact) mass is 459 g/mol. The maximum Gasteiger partial charge on any atom is 0.255 e. The molecule has 5 N–H and O–H groups in total. The second-order valence-electron chi connectivity index (χ2n) is 7.73. The SMILES string of the molecule is COc1ccc(C(=O)Nc2cc(-c3ccc(CC(C)(C)S(N)(=O)=O)s3)ccc2N)cc1. The molecule has 0 radical (unpaired) electrons. The molecule has 0 aliphatic heterocycles. The van der Waals surface area contributed by atoms with Gasteiger partial charge in [-0.25, -0.2) is 13.6 Å². The van der Waals surface area contributed by atoms with Crippen molar-refractivity contribution in [1.29, 1.82) is 0 Å². The Morgan fingerprint density at radius 3 is 2.39 bits per heavy atom. The van der Waals surface area contributed by atoms with Gasteiger partial charge in [0.25, 0.3) is 5.91 Å². The summed E-state index contributed by atoms with van der Waals surface area (Å²) in [5.74, 6) is 0.380. The highest BCUT2D eigenvalue weighted by Gasteiger charge is 2.31. The molecule has 2 aromatic carbocycles. The predicted molar refractivity (Wildman–Crippen MR) is 126 cm³/mol. The molecule has 1 aromatic heterocycles. The van der Waals surface area contributed by atoms with Crippen molar-refractivity contribution in [2.24, 2.45) is 5.14 Å². The first-order valence-corrected chi connectivity index (χ1v) is 11.8. The molecule has 0 spiro atoms. The third-order valence-corrected chi connectivity index (χ3v) is 7.79. The molecule has 1 amide bonds. The smallest absolute Gasteiger partial charge is 0.255 e. The number of primary sulfonamides is 1. The minimum absolute atomic E-state index is 0.284. The van der Waals surface area contributed by atoms with Gasteiger partial charge in [0, 0.05) is 21.7 Å². The van der Waals surface area contributed by atoms with Crippen LogP contribution in [0.15, 0.2) is 54.6 Å². The van der Waals surface area contributed by atoms with E-state index in [-0.39, 0.29) is 5.91 Å². The van der Waals surface area contributed by atoms with E-state index in [1.54, 1.807) is 57.4 Å². The van der Waals surface area contributed by atoms with E-state index in [1.165, 1.54) is 11.3 Å². The van der Waals surface area contributed by atoms with Gasteiger partial charge in [0.1, 0.15) is 5.75 Å². The maximum absolute atomic E-state index is 12.6. The van der Waals surface area contributed by atoms with Gasteiger partial charge < -0.3 is 15.8 Å². The fraction of sp³-hybridized carbons (Fsp3) is 0.227. The number of anilines is 2. The highest BCUT2D eigenvalue weighted by molar-refractivity contribution is 7.90. The molecule has 0 saturated heterocycles. The molecule has 9 heteroatoms.